The number of aromatic nitrogens is 2. The maximum Gasteiger partial charge on any atom is 0.145 e. The highest BCUT2D eigenvalue weighted by molar-refractivity contribution is 7.16. The number of hydrogen-bond donors (Lipinski definition) is 0. The summed E-state index contributed by atoms with van der Waals surface area (Å²) in [5.41, 5.74) is 0. The Morgan fingerprint density at radius 3 is 2.80 bits per heavy atom. The van der Waals surface area contributed by atoms with E-state index in [0.717, 1.165) is 35.7 Å². The van der Waals surface area contributed by atoms with Crippen LogP contribution in [0.4, 0.5) is 0 Å². The molecule has 0 unspecified atom stereocenters. The lowest BCUT2D eigenvalue weighted by molar-refractivity contribution is 0.138. The Hall–Kier alpha value is -0.750. The van der Waals surface area contributed by atoms with E-state index >= 15 is 0 Å². The molecule has 6 heteroatoms. The van der Waals surface area contributed by atoms with E-state index in [1.807, 2.05) is 11.4 Å². The summed E-state index contributed by atoms with van der Waals surface area (Å²) < 4.78 is 0. The van der Waals surface area contributed by atoms with Crippen LogP contribution in [-0.4, -0.2) is 53.0 Å². The first-order chi connectivity index (χ1) is 9.63. The molecule has 0 radical (unpaired) electrons. The average molecular weight is 311 g/mol. The molecule has 1 aliphatic heterocycles. The second-order valence-electron chi connectivity index (χ2n) is 5.54. The van der Waals surface area contributed by atoms with Crippen LogP contribution in [0, 0.1) is 0 Å². The van der Waals surface area contributed by atoms with E-state index in [2.05, 4.69) is 33.9 Å². The molecule has 1 fully saturated rings. The van der Waals surface area contributed by atoms with E-state index in [1.54, 1.807) is 11.3 Å². The van der Waals surface area contributed by atoms with E-state index in [1.165, 1.54) is 12.8 Å². The lowest BCUT2D eigenvalue weighted by atomic mass is 10.0. The number of piperidine rings is 1. The number of fused-ring (bicyclic) bond motifs is 1. The Morgan fingerprint density at radius 1 is 1.35 bits per heavy atom. The Morgan fingerprint density at radius 2 is 2.10 bits per heavy atom. The van der Waals surface area contributed by atoms with Gasteiger partial charge in [0.15, 0.2) is 0 Å². The number of likely N-dealkylation sites (tertiary alicyclic amines) is 1. The maximum absolute atomic E-state index is 6.22. The number of hydrogen-bond acceptors (Lipinski definition) is 5. The van der Waals surface area contributed by atoms with Crippen molar-refractivity contribution in [2.45, 2.75) is 25.4 Å². The highest BCUT2D eigenvalue weighted by atomic mass is 35.5. The molecule has 0 amide bonds. The molecule has 0 N–H and O–H groups in total. The molecule has 0 atom stereocenters. The fourth-order valence-corrected chi connectivity index (χ4v) is 3.81. The van der Waals surface area contributed by atoms with Crippen molar-refractivity contribution >= 4 is 33.2 Å². The van der Waals surface area contributed by atoms with Crippen molar-refractivity contribution < 1.29 is 0 Å². The maximum atomic E-state index is 6.22. The third kappa shape index (κ3) is 2.96. The molecule has 1 saturated heterocycles. The van der Waals surface area contributed by atoms with Crippen molar-refractivity contribution in [1.82, 2.24) is 19.8 Å². The number of rotatable bonds is 3. The second kappa shape index (κ2) is 5.93. The average Bonchev–Trinajstić information content (AvgIpc) is 2.88. The molecule has 0 spiro atoms. The Labute approximate surface area is 128 Å². The van der Waals surface area contributed by atoms with Gasteiger partial charge in [0, 0.05) is 24.5 Å². The van der Waals surface area contributed by atoms with Gasteiger partial charge >= 0.3 is 0 Å². The molecule has 0 aromatic carbocycles. The molecular formula is C14H19ClN4S. The first-order valence-electron chi connectivity index (χ1n) is 6.92. The number of halogens is 1. The highest BCUT2D eigenvalue weighted by Crippen LogP contribution is 2.25. The van der Waals surface area contributed by atoms with Crippen LogP contribution in [0.3, 0.4) is 0 Å². The van der Waals surface area contributed by atoms with E-state index < -0.39 is 0 Å². The quantitative estimate of drug-likeness (QED) is 0.816. The molecule has 0 aliphatic carbocycles. The zero-order chi connectivity index (χ0) is 14.1. The zero-order valence-corrected chi connectivity index (χ0v) is 13.4. The van der Waals surface area contributed by atoms with Crippen molar-refractivity contribution in [2.75, 3.05) is 27.2 Å². The van der Waals surface area contributed by atoms with Gasteiger partial charge in [-0.3, -0.25) is 4.90 Å². The molecule has 2 aromatic heterocycles. The van der Waals surface area contributed by atoms with Crippen LogP contribution in [0.25, 0.3) is 10.2 Å². The molecule has 4 nitrogen and oxygen atoms in total. The summed E-state index contributed by atoms with van der Waals surface area (Å²) in [5.74, 6) is 0.841. The minimum Gasteiger partial charge on any atom is -0.306 e. The summed E-state index contributed by atoms with van der Waals surface area (Å²) in [7, 11) is 4.32. The summed E-state index contributed by atoms with van der Waals surface area (Å²) in [4.78, 5) is 14.8. The monoisotopic (exact) mass is 310 g/mol. The third-order valence-electron chi connectivity index (χ3n) is 3.98. The third-order valence-corrected chi connectivity index (χ3v) is 5.07. The normalized spacial score (nSPS) is 18.2. The van der Waals surface area contributed by atoms with Crippen LogP contribution in [0.1, 0.15) is 18.7 Å². The van der Waals surface area contributed by atoms with Crippen LogP contribution < -0.4 is 0 Å². The Bertz CT molecular complexity index is 590. The molecule has 108 valence electrons. The number of thiophene rings is 1. The Balaban J connectivity index is 1.68. The highest BCUT2D eigenvalue weighted by Gasteiger charge is 2.21. The standard InChI is InChI=1S/C14H19ClN4S/c1-18(2)10-3-6-19(7-4-10)9-12-16-13(15)11-5-8-20-14(11)17-12/h5,8,10H,3-4,6-7,9H2,1-2H3. The smallest absolute Gasteiger partial charge is 0.145 e. The van der Waals surface area contributed by atoms with Crippen LogP contribution >= 0.6 is 22.9 Å². The van der Waals surface area contributed by atoms with Gasteiger partial charge in [-0.25, -0.2) is 9.97 Å². The first kappa shape index (κ1) is 14.2. The largest absolute Gasteiger partial charge is 0.306 e. The van der Waals surface area contributed by atoms with Gasteiger partial charge in [0.1, 0.15) is 15.8 Å². The predicted octanol–water partition coefficient (Wildman–Crippen LogP) is 2.87. The molecular weight excluding hydrogens is 292 g/mol. The summed E-state index contributed by atoms with van der Waals surface area (Å²) in [6, 6.07) is 2.69. The van der Waals surface area contributed by atoms with Crippen LogP contribution in [-0.2, 0) is 6.54 Å². The van der Waals surface area contributed by atoms with Crippen molar-refractivity contribution in [3.05, 3.63) is 22.4 Å². The predicted molar refractivity (Wildman–Crippen MR) is 84.4 cm³/mol. The minimum absolute atomic E-state index is 0.578. The van der Waals surface area contributed by atoms with E-state index in [-0.39, 0.29) is 0 Å². The summed E-state index contributed by atoms with van der Waals surface area (Å²) in [6.07, 6.45) is 2.42. The first-order valence-corrected chi connectivity index (χ1v) is 8.17. The molecule has 3 heterocycles. The van der Waals surface area contributed by atoms with Gasteiger partial charge in [-0.15, -0.1) is 11.3 Å². The summed E-state index contributed by atoms with van der Waals surface area (Å²) in [5, 5.41) is 3.55. The molecule has 0 bridgehead atoms. The fourth-order valence-electron chi connectivity index (χ4n) is 2.73. The van der Waals surface area contributed by atoms with Gasteiger partial charge in [0.05, 0.1) is 6.54 Å². The van der Waals surface area contributed by atoms with Gasteiger partial charge in [-0.05, 0) is 38.4 Å². The van der Waals surface area contributed by atoms with Crippen LogP contribution in [0.5, 0.6) is 0 Å². The van der Waals surface area contributed by atoms with E-state index in [4.69, 9.17) is 11.6 Å². The summed E-state index contributed by atoms with van der Waals surface area (Å²) in [6.45, 7) is 3.01. The molecule has 20 heavy (non-hydrogen) atoms. The summed E-state index contributed by atoms with van der Waals surface area (Å²) >= 11 is 7.84. The minimum atomic E-state index is 0.578. The van der Waals surface area contributed by atoms with Crippen molar-refractivity contribution in [3.8, 4) is 0 Å². The van der Waals surface area contributed by atoms with Crippen LogP contribution in [0.15, 0.2) is 11.4 Å². The lowest BCUT2D eigenvalue weighted by Gasteiger charge is -2.34. The molecule has 3 rings (SSSR count). The number of nitrogens with zero attached hydrogens (tertiary/aromatic N) is 4. The molecule has 0 saturated carbocycles. The van der Waals surface area contributed by atoms with Crippen LogP contribution in [0.2, 0.25) is 5.15 Å². The zero-order valence-electron chi connectivity index (χ0n) is 11.8. The fraction of sp³-hybridized carbons (Fsp3) is 0.571. The van der Waals surface area contributed by atoms with E-state index in [0.29, 0.717) is 11.2 Å². The lowest BCUT2D eigenvalue weighted by Crippen LogP contribution is -2.41. The second-order valence-corrected chi connectivity index (χ2v) is 6.79. The van der Waals surface area contributed by atoms with E-state index in [9.17, 15) is 0 Å². The Kier molecular flexibility index (Phi) is 4.21. The van der Waals surface area contributed by atoms with Gasteiger partial charge in [-0.1, -0.05) is 11.6 Å². The van der Waals surface area contributed by atoms with Gasteiger partial charge in [-0.2, -0.15) is 0 Å². The van der Waals surface area contributed by atoms with Gasteiger partial charge in [0.2, 0.25) is 0 Å². The van der Waals surface area contributed by atoms with Crippen molar-refractivity contribution in [3.63, 3.8) is 0 Å². The van der Waals surface area contributed by atoms with Crippen molar-refractivity contribution in [1.29, 1.82) is 0 Å². The molecule has 2 aromatic rings. The van der Waals surface area contributed by atoms with Crippen molar-refractivity contribution in [2.24, 2.45) is 0 Å². The van der Waals surface area contributed by atoms with Gasteiger partial charge < -0.3 is 4.90 Å². The SMILES string of the molecule is CN(C)C1CCN(Cc2nc(Cl)c3ccsc3n2)CC1. The molecule has 1 aliphatic rings. The topological polar surface area (TPSA) is 32.3 Å². The van der Waals surface area contributed by atoms with Gasteiger partial charge in [0.25, 0.3) is 0 Å².